The van der Waals surface area contributed by atoms with Crippen LogP contribution in [0, 0.1) is 20.8 Å². The minimum Gasteiger partial charge on any atom is -0.350 e. The van der Waals surface area contributed by atoms with Gasteiger partial charge < -0.3 is 5.32 Å². The Kier molecular flexibility index (Phi) is 5.66. The summed E-state index contributed by atoms with van der Waals surface area (Å²) in [6, 6.07) is 20.8. The number of nitrogens with one attached hydrogen (secondary N) is 1. The van der Waals surface area contributed by atoms with E-state index in [-0.39, 0.29) is 24.1 Å². The van der Waals surface area contributed by atoms with Crippen LogP contribution in [0.5, 0.6) is 0 Å². The fourth-order valence-corrected chi connectivity index (χ4v) is 3.90. The van der Waals surface area contributed by atoms with Gasteiger partial charge in [-0.3, -0.25) is 14.5 Å². The van der Waals surface area contributed by atoms with Crippen molar-refractivity contribution in [3.05, 3.63) is 105 Å². The van der Waals surface area contributed by atoms with Crippen LogP contribution in [-0.2, 0) is 16.1 Å². The van der Waals surface area contributed by atoms with Crippen LogP contribution < -0.4 is 5.32 Å². The van der Waals surface area contributed by atoms with Gasteiger partial charge in [0.25, 0.3) is 11.8 Å². The quantitative estimate of drug-likeness (QED) is 0.531. The zero-order chi connectivity index (χ0) is 22.1. The van der Waals surface area contributed by atoms with E-state index in [1.165, 1.54) is 4.90 Å². The Balaban J connectivity index is 1.77. The molecule has 1 heterocycles. The molecule has 2 amide bonds. The van der Waals surface area contributed by atoms with Crippen LogP contribution in [0.3, 0.4) is 0 Å². The van der Waals surface area contributed by atoms with Crippen molar-refractivity contribution in [1.82, 2.24) is 4.90 Å². The van der Waals surface area contributed by atoms with Gasteiger partial charge in [0.05, 0.1) is 12.1 Å². The minimum absolute atomic E-state index is 0.116. The summed E-state index contributed by atoms with van der Waals surface area (Å²) in [4.78, 5) is 28.1. The fraction of sp³-hybridized carbons (Fsp3) is 0.154. The van der Waals surface area contributed by atoms with Gasteiger partial charge in [0.2, 0.25) is 0 Å². The van der Waals surface area contributed by atoms with Crippen molar-refractivity contribution >= 4 is 34.7 Å². The number of amides is 2. The van der Waals surface area contributed by atoms with Gasteiger partial charge in [-0.15, -0.1) is 0 Å². The monoisotopic (exact) mass is 430 g/mol. The van der Waals surface area contributed by atoms with E-state index in [2.05, 4.69) is 5.32 Å². The molecule has 1 N–H and O–H groups in total. The molecule has 0 radical (unpaired) electrons. The smallest absolute Gasteiger partial charge is 0.278 e. The predicted octanol–water partition coefficient (Wildman–Crippen LogP) is 5.66. The molecule has 0 saturated heterocycles. The van der Waals surface area contributed by atoms with Gasteiger partial charge in [-0.1, -0.05) is 77.3 Å². The molecule has 0 atom stereocenters. The molecule has 3 aromatic rings. The number of aryl methyl sites for hydroxylation is 3. The summed E-state index contributed by atoms with van der Waals surface area (Å²) in [7, 11) is 0. The first-order valence-electron chi connectivity index (χ1n) is 10.1. The van der Waals surface area contributed by atoms with Gasteiger partial charge in [0, 0.05) is 10.7 Å². The van der Waals surface area contributed by atoms with E-state index in [9.17, 15) is 9.59 Å². The lowest BCUT2D eigenvalue weighted by Gasteiger charge is -2.16. The number of anilines is 1. The Morgan fingerprint density at radius 1 is 0.839 bits per heavy atom. The van der Waals surface area contributed by atoms with Crippen LogP contribution >= 0.6 is 11.6 Å². The third-order valence-electron chi connectivity index (χ3n) is 5.44. The molecule has 3 aromatic carbocycles. The Hall–Kier alpha value is -3.37. The average molecular weight is 431 g/mol. The lowest BCUT2D eigenvalue weighted by Crippen LogP contribution is -2.32. The van der Waals surface area contributed by atoms with Crippen LogP contribution in [0.15, 0.2) is 72.4 Å². The van der Waals surface area contributed by atoms with Crippen LogP contribution in [0.4, 0.5) is 5.69 Å². The first-order valence-corrected chi connectivity index (χ1v) is 10.5. The van der Waals surface area contributed by atoms with E-state index in [0.29, 0.717) is 16.2 Å². The Bertz CT molecular complexity index is 1210. The molecule has 0 bridgehead atoms. The third kappa shape index (κ3) is 4.12. The molecule has 0 saturated carbocycles. The lowest BCUT2D eigenvalue weighted by atomic mass is 10.0. The molecule has 4 nitrogen and oxygen atoms in total. The Morgan fingerprint density at radius 2 is 1.52 bits per heavy atom. The predicted molar refractivity (Wildman–Crippen MR) is 125 cm³/mol. The van der Waals surface area contributed by atoms with E-state index >= 15 is 0 Å². The van der Waals surface area contributed by atoms with Gasteiger partial charge in [0.1, 0.15) is 5.70 Å². The summed E-state index contributed by atoms with van der Waals surface area (Å²) in [5.41, 5.74) is 6.10. The molecule has 31 heavy (non-hydrogen) atoms. The largest absolute Gasteiger partial charge is 0.350 e. The molecule has 0 unspecified atom stereocenters. The van der Waals surface area contributed by atoms with Gasteiger partial charge in [-0.2, -0.15) is 0 Å². The first-order chi connectivity index (χ1) is 14.8. The SMILES string of the molecule is Cc1ccc(C2=C(Nc3ccc(C)cc3C)C(=O)N(Cc3ccccc3Cl)C2=O)cc1. The topological polar surface area (TPSA) is 49.4 Å². The van der Waals surface area contributed by atoms with Gasteiger partial charge >= 0.3 is 0 Å². The number of carbonyl (C=O) groups is 2. The zero-order valence-electron chi connectivity index (χ0n) is 17.7. The number of rotatable bonds is 5. The van der Waals surface area contributed by atoms with E-state index in [1.807, 2.05) is 81.4 Å². The number of hydrogen-bond donors (Lipinski definition) is 1. The molecule has 0 fully saturated rings. The standard InChI is InChI=1S/C26H23ClN2O2/c1-16-8-11-19(12-9-16)23-24(28-22-13-10-17(2)14-18(22)3)26(31)29(25(23)30)15-20-6-4-5-7-21(20)27/h4-14,28H,15H2,1-3H3. The maximum atomic E-state index is 13.4. The van der Waals surface area contributed by atoms with E-state index in [0.717, 1.165) is 27.9 Å². The van der Waals surface area contributed by atoms with Crippen LogP contribution in [0.25, 0.3) is 5.57 Å². The number of carbonyl (C=O) groups excluding carboxylic acids is 2. The fourth-order valence-electron chi connectivity index (χ4n) is 3.71. The summed E-state index contributed by atoms with van der Waals surface area (Å²) in [5.74, 6) is -0.693. The van der Waals surface area contributed by atoms with Crippen LogP contribution in [0.2, 0.25) is 5.02 Å². The third-order valence-corrected chi connectivity index (χ3v) is 5.80. The zero-order valence-corrected chi connectivity index (χ0v) is 18.5. The Morgan fingerprint density at radius 3 is 2.19 bits per heavy atom. The number of hydrogen-bond acceptors (Lipinski definition) is 3. The molecule has 0 aromatic heterocycles. The van der Waals surface area contributed by atoms with Crippen LogP contribution in [-0.4, -0.2) is 16.7 Å². The minimum atomic E-state index is -0.361. The van der Waals surface area contributed by atoms with Gasteiger partial charge in [-0.25, -0.2) is 0 Å². The van der Waals surface area contributed by atoms with Crippen molar-refractivity contribution in [1.29, 1.82) is 0 Å². The summed E-state index contributed by atoms with van der Waals surface area (Å²) in [6.45, 7) is 6.09. The highest BCUT2D eigenvalue weighted by atomic mass is 35.5. The van der Waals surface area contributed by atoms with E-state index in [1.54, 1.807) is 6.07 Å². The lowest BCUT2D eigenvalue weighted by molar-refractivity contribution is -0.137. The molecule has 5 heteroatoms. The van der Waals surface area contributed by atoms with Crippen LogP contribution in [0.1, 0.15) is 27.8 Å². The normalized spacial score (nSPS) is 13.9. The number of halogens is 1. The summed E-state index contributed by atoms with van der Waals surface area (Å²) >= 11 is 6.29. The van der Waals surface area contributed by atoms with Crippen molar-refractivity contribution < 1.29 is 9.59 Å². The summed E-state index contributed by atoms with van der Waals surface area (Å²) in [5, 5.41) is 3.77. The molecule has 156 valence electrons. The molecular formula is C26H23ClN2O2. The second kappa shape index (κ2) is 8.40. The maximum absolute atomic E-state index is 13.4. The van der Waals surface area contributed by atoms with Crippen molar-refractivity contribution in [3.8, 4) is 0 Å². The summed E-state index contributed by atoms with van der Waals surface area (Å²) in [6.07, 6.45) is 0. The molecule has 4 rings (SSSR count). The molecular weight excluding hydrogens is 408 g/mol. The number of nitrogens with zero attached hydrogens (tertiary/aromatic N) is 1. The molecule has 0 spiro atoms. The highest BCUT2D eigenvalue weighted by Gasteiger charge is 2.39. The second-order valence-electron chi connectivity index (χ2n) is 7.85. The Labute approximate surface area is 187 Å². The van der Waals surface area contributed by atoms with Crippen molar-refractivity contribution in [2.45, 2.75) is 27.3 Å². The molecule has 1 aliphatic heterocycles. The highest BCUT2D eigenvalue weighted by molar-refractivity contribution is 6.36. The molecule has 1 aliphatic rings. The average Bonchev–Trinajstić information content (AvgIpc) is 2.96. The first kappa shape index (κ1) is 20.9. The molecule has 0 aliphatic carbocycles. The second-order valence-corrected chi connectivity index (χ2v) is 8.25. The maximum Gasteiger partial charge on any atom is 0.278 e. The van der Waals surface area contributed by atoms with Crippen molar-refractivity contribution in [3.63, 3.8) is 0 Å². The van der Waals surface area contributed by atoms with Crippen molar-refractivity contribution in [2.75, 3.05) is 5.32 Å². The number of benzene rings is 3. The van der Waals surface area contributed by atoms with Crippen molar-refractivity contribution in [2.24, 2.45) is 0 Å². The van der Waals surface area contributed by atoms with Gasteiger partial charge in [-0.05, 0) is 49.6 Å². The highest BCUT2D eigenvalue weighted by Crippen LogP contribution is 2.33. The van der Waals surface area contributed by atoms with E-state index in [4.69, 9.17) is 11.6 Å². The van der Waals surface area contributed by atoms with Gasteiger partial charge in [0.15, 0.2) is 0 Å². The van der Waals surface area contributed by atoms with E-state index < -0.39 is 0 Å². The number of imide groups is 1. The summed E-state index contributed by atoms with van der Waals surface area (Å²) < 4.78 is 0.